The Kier molecular flexibility index (Phi) is 4.70. The Morgan fingerprint density at radius 1 is 1.25 bits per heavy atom. The number of hydrogen-bond acceptors (Lipinski definition) is 4. The predicted molar refractivity (Wildman–Crippen MR) is 91.1 cm³/mol. The number of H-pyrrole nitrogens is 1. The van der Waals surface area contributed by atoms with Gasteiger partial charge in [-0.25, -0.2) is 8.42 Å². The fraction of sp³-hybridized carbons (Fsp3) is 0.438. The van der Waals surface area contributed by atoms with E-state index in [0.29, 0.717) is 23.6 Å². The lowest BCUT2D eigenvalue weighted by atomic mass is 9.91. The number of nitrogens with zero attached hydrogens (tertiary/aromatic N) is 2. The third-order valence-corrected chi connectivity index (χ3v) is 6.75. The molecule has 6 nitrogen and oxygen atoms in total. The molecule has 8 heteroatoms. The number of aromatic nitrogens is 2. The molecule has 0 amide bonds. The van der Waals surface area contributed by atoms with Crippen LogP contribution in [0.25, 0.3) is 0 Å². The van der Waals surface area contributed by atoms with Crippen LogP contribution in [-0.4, -0.2) is 34.1 Å². The lowest BCUT2D eigenvalue weighted by Gasteiger charge is -2.42. The van der Waals surface area contributed by atoms with E-state index in [4.69, 9.17) is 11.6 Å². The molecule has 3 unspecified atom stereocenters. The zero-order valence-corrected chi connectivity index (χ0v) is 15.0. The van der Waals surface area contributed by atoms with Crippen molar-refractivity contribution in [1.29, 1.82) is 0 Å². The predicted octanol–water partition coefficient (Wildman–Crippen LogP) is 3.03. The first-order chi connectivity index (χ1) is 11.4. The van der Waals surface area contributed by atoms with E-state index >= 15 is 0 Å². The summed E-state index contributed by atoms with van der Waals surface area (Å²) in [5.41, 5.74) is 1.34. The minimum absolute atomic E-state index is 0.169. The van der Waals surface area contributed by atoms with Gasteiger partial charge in [0.25, 0.3) is 0 Å². The Labute approximate surface area is 146 Å². The molecule has 24 heavy (non-hydrogen) atoms. The van der Waals surface area contributed by atoms with Crippen LogP contribution in [0.4, 0.5) is 0 Å². The van der Waals surface area contributed by atoms with Crippen LogP contribution >= 0.6 is 11.6 Å². The number of hydrogen-bond donors (Lipinski definition) is 2. The van der Waals surface area contributed by atoms with E-state index in [1.54, 1.807) is 18.3 Å². The highest BCUT2D eigenvalue weighted by Crippen LogP contribution is 2.43. The summed E-state index contributed by atoms with van der Waals surface area (Å²) in [6.45, 7) is 3.79. The molecule has 0 spiro atoms. The number of halogens is 1. The summed E-state index contributed by atoms with van der Waals surface area (Å²) in [6.07, 6.45) is 1.74. The summed E-state index contributed by atoms with van der Waals surface area (Å²) < 4.78 is 27.9. The summed E-state index contributed by atoms with van der Waals surface area (Å²) in [4.78, 5) is 0.169. The number of fused-ring (bicyclic) bond motifs is 1. The molecule has 0 fully saturated rings. The van der Waals surface area contributed by atoms with Crippen molar-refractivity contribution < 1.29 is 13.5 Å². The smallest absolute Gasteiger partial charge is 0.243 e. The molecule has 1 aliphatic heterocycles. The molecule has 130 valence electrons. The van der Waals surface area contributed by atoms with E-state index in [-0.39, 0.29) is 10.9 Å². The number of sulfonamides is 1. The number of aliphatic hydroxyl groups is 1. The molecular weight excluding hydrogens is 350 g/mol. The quantitative estimate of drug-likeness (QED) is 0.867. The largest absolute Gasteiger partial charge is 0.385 e. The molecule has 0 aliphatic carbocycles. The lowest BCUT2D eigenvalue weighted by Crippen LogP contribution is -2.48. The second-order valence-electron chi connectivity index (χ2n) is 5.87. The molecule has 1 aromatic carbocycles. The normalized spacial score (nSPS) is 24.8. The van der Waals surface area contributed by atoms with Gasteiger partial charge in [-0.1, -0.05) is 25.4 Å². The van der Waals surface area contributed by atoms with E-state index in [9.17, 15) is 13.5 Å². The number of nitrogens with one attached hydrogen (secondary N) is 1. The highest BCUT2D eigenvalue weighted by Gasteiger charge is 2.46. The summed E-state index contributed by atoms with van der Waals surface area (Å²) in [6, 6.07) is 5.18. The minimum atomic E-state index is -3.78. The van der Waals surface area contributed by atoms with Crippen LogP contribution in [-0.2, 0) is 10.0 Å². The fourth-order valence-electron chi connectivity index (χ4n) is 3.38. The minimum Gasteiger partial charge on any atom is -0.385 e. The first-order valence-electron chi connectivity index (χ1n) is 7.92. The van der Waals surface area contributed by atoms with E-state index in [0.717, 1.165) is 5.56 Å². The number of benzene rings is 1. The Morgan fingerprint density at radius 2 is 1.92 bits per heavy atom. The molecule has 3 atom stereocenters. The average molecular weight is 370 g/mol. The highest BCUT2D eigenvalue weighted by atomic mass is 35.5. The third kappa shape index (κ3) is 2.65. The molecule has 1 aromatic heterocycles. The Bertz CT molecular complexity index is 819. The SMILES string of the molecule is CCC1c2cn[nH]c2C(O)C(CC)N1S(=O)(=O)c1ccc(Cl)cc1. The zero-order valence-electron chi connectivity index (χ0n) is 13.5. The van der Waals surface area contributed by atoms with Gasteiger partial charge in [0.15, 0.2) is 0 Å². The average Bonchev–Trinajstić information content (AvgIpc) is 3.05. The van der Waals surface area contributed by atoms with E-state index in [2.05, 4.69) is 10.2 Å². The molecular formula is C16H20ClN3O3S. The zero-order chi connectivity index (χ0) is 17.5. The molecule has 0 radical (unpaired) electrons. The molecule has 2 N–H and O–H groups in total. The summed E-state index contributed by atoms with van der Waals surface area (Å²) in [7, 11) is -3.78. The maximum Gasteiger partial charge on any atom is 0.243 e. The van der Waals surface area contributed by atoms with Crippen LogP contribution in [0.1, 0.15) is 50.1 Å². The third-order valence-electron chi connectivity index (χ3n) is 4.55. The first-order valence-corrected chi connectivity index (χ1v) is 9.73. The van der Waals surface area contributed by atoms with Gasteiger partial charge in [0.05, 0.1) is 28.9 Å². The highest BCUT2D eigenvalue weighted by molar-refractivity contribution is 7.89. The number of rotatable bonds is 4. The molecule has 0 bridgehead atoms. The van der Waals surface area contributed by atoms with Crippen LogP contribution in [0.15, 0.2) is 35.4 Å². The second-order valence-corrected chi connectivity index (χ2v) is 8.15. The van der Waals surface area contributed by atoms with Crippen molar-refractivity contribution in [3.05, 3.63) is 46.7 Å². The van der Waals surface area contributed by atoms with Gasteiger partial charge in [-0.05, 0) is 37.1 Å². The van der Waals surface area contributed by atoms with Crippen LogP contribution in [0.3, 0.4) is 0 Å². The molecule has 2 aromatic rings. The lowest BCUT2D eigenvalue weighted by molar-refractivity contribution is 0.0482. The summed E-state index contributed by atoms with van der Waals surface area (Å²) in [5.74, 6) is 0. The van der Waals surface area contributed by atoms with Crippen LogP contribution in [0.2, 0.25) is 5.02 Å². The van der Waals surface area contributed by atoms with Crippen molar-refractivity contribution in [3.63, 3.8) is 0 Å². The van der Waals surface area contributed by atoms with Gasteiger partial charge in [0, 0.05) is 10.6 Å². The molecule has 2 heterocycles. The number of aliphatic hydroxyl groups excluding tert-OH is 1. The second kappa shape index (κ2) is 6.48. The first kappa shape index (κ1) is 17.4. The van der Waals surface area contributed by atoms with Crippen LogP contribution in [0.5, 0.6) is 0 Å². The maximum absolute atomic E-state index is 13.3. The van der Waals surface area contributed by atoms with Gasteiger partial charge >= 0.3 is 0 Å². The Morgan fingerprint density at radius 3 is 2.50 bits per heavy atom. The molecule has 0 saturated heterocycles. The van der Waals surface area contributed by atoms with Gasteiger partial charge in [-0.2, -0.15) is 9.40 Å². The summed E-state index contributed by atoms with van der Waals surface area (Å²) >= 11 is 5.87. The van der Waals surface area contributed by atoms with Crippen LogP contribution in [0, 0.1) is 0 Å². The van der Waals surface area contributed by atoms with Gasteiger partial charge < -0.3 is 5.11 Å². The van der Waals surface area contributed by atoms with Crippen molar-refractivity contribution in [3.8, 4) is 0 Å². The van der Waals surface area contributed by atoms with Crippen molar-refractivity contribution in [2.45, 2.75) is 49.8 Å². The van der Waals surface area contributed by atoms with Crippen molar-refractivity contribution >= 4 is 21.6 Å². The standard InChI is InChI=1S/C16H20ClN3O3S/c1-3-13-12-9-18-19-15(12)16(21)14(4-2)20(13)24(22,23)11-7-5-10(17)6-8-11/h5-9,13-14,16,21H,3-4H2,1-2H3,(H,18,19). The van der Waals surface area contributed by atoms with E-state index in [1.807, 2.05) is 13.8 Å². The summed E-state index contributed by atoms with van der Waals surface area (Å²) in [5, 5.41) is 17.9. The van der Waals surface area contributed by atoms with Crippen LogP contribution < -0.4 is 0 Å². The maximum atomic E-state index is 13.3. The molecule has 0 saturated carbocycles. The topological polar surface area (TPSA) is 86.3 Å². The fourth-order valence-corrected chi connectivity index (χ4v) is 5.45. The van der Waals surface area contributed by atoms with Crippen molar-refractivity contribution in [1.82, 2.24) is 14.5 Å². The Hall–Kier alpha value is -1.41. The molecule has 1 aliphatic rings. The van der Waals surface area contributed by atoms with Crippen molar-refractivity contribution in [2.75, 3.05) is 0 Å². The van der Waals surface area contributed by atoms with Gasteiger partial charge in [0.2, 0.25) is 10.0 Å². The van der Waals surface area contributed by atoms with Gasteiger partial charge in [0.1, 0.15) is 6.10 Å². The van der Waals surface area contributed by atoms with Gasteiger partial charge in [-0.15, -0.1) is 0 Å². The van der Waals surface area contributed by atoms with Gasteiger partial charge in [-0.3, -0.25) is 5.10 Å². The van der Waals surface area contributed by atoms with E-state index in [1.165, 1.54) is 16.4 Å². The van der Waals surface area contributed by atoms with Crippen molar-refractivity contribution in [2.24, 2.45) is 0 Å². The van der Waals surface area contributed by atoms with E-state index < -0.39 is 22.2 Å². The molecule has 3 rings (SSSR count). The monoisotopic (exact) mass is 369 g/mol. The number of aromatic amines is 1. The Balaban J connectivity index is 2.14.